The fourth-order valence-corrected chi connectivity index (χ4v) is 3.71. The molecule has 0 aliphatic heterocycles. The Morgan fingerprint density at radius 1 is 1.32 bits per heavy atom. The molecule has 2 aromatic rings. The lowest BCUT2D eigenvalue weighted by atomic mass is 10.0. The molecule has 5 heteroatoms. The van der Waals surface area contributed by atoms with Gasteiger partial charge in [-0.2, -0.15) is 0 Å². The molecule has 1 aliphatic carbocycles. The number of aryl methyl sites for hydroxylation is 3. The highest BCUT2D eigenvalue weighted by atomic mass is 32.1. The van der Waals surface area contributed by atoms with Crippen LogP contribution in [0.4, 0.5) is 5.13 Å². The molecule has 1 aromatic carbocycles. The predicted octanol–water partition coefficient (Wildman–Crippen LogP) is 3.16. The van der Waals surface area contributed by atoms with Crippen LogP contribution < -0.4 is 10.6 Å². The maximum atomic E-state index is 11.8. The predicted molar refractivity (Wildman–Crippen MR) is 91.5 cm³/mol. The number of hydrogen-bond donors (Lipinski definition) is 2. The van der Waals surface area contributed by atoms with E-state index in [1.807, 2.05) is 7.05 Å². The van der Waals surface area contributed by atoms with Gasteiger partial charge in [-0.25, -0.2) is 4.98 Å². The van der Waals surface area contributed by atoms with E-state index in [4.69, 9.17) is 0 Å². The van der Waals surface area contributed by atoms with E-state index < -0.39 is 0 Å². The van der Waals surface area contributed by atoms with Gasteiger partial charge in [0.1, 0.15) is 0 Å². The SMILES string of the molecule is CNCCC(=O)Nc1nc(-c2ccc3c(c2)CCC3)c(C)s1. The number of nitrogens with one attached hydrogen (secondary N) is 2. The molecule has 0 unspecified atom stereocenters. The molecule has 0 saturated carbocycles. The van der Waals surface area contributed by atoms with Gasteiger partial charge in [0.25, 0.3) is 0 Å². The lowest BCUT2D eigenvalue weighted by molar-refractivity contribution is -0.116. The number of thiazole rings is 1. The largest absolute Gasteiger partial charge is 0.319 e. The van der Waals surface area contributed by atoms with Crippen molar-refractivity contribution >= 4 is 22.4 Å². The molecule has 1 aromatic heterocycles. The smallest absolute Gasteiger partial charge is 0.227 e. The zero-order chi connectivity index (χ0) is 15.5. The average Bonchev–Trinajstić information content (AvgIpc) is 3.10. The van der Waals surface area contributed by atoms with Gasteiger partial charge in [-0.15, -0.1) is 11.3 Å². The number of amides is 1. The van der Waals surface area contributed by atoms with Gasteiger partial charge in [-0.1, -0.05) is 12.1 Å². The summed E-state index contributed by atoms with van der Waals surface area (Å²) < 4.78 is 0. The van der Waals surface area contributed by atoms with Gasteiger partial charge < -0.3 is 10.6 Å². The van der Waals surface area contributed by atoms with Crippen LogP contribution in [0.2, 0.25) is 0 Å². The molecule has 0 spiro atoms. The van der Waals surface area contributed by atoms with Gasteiger partial charge in [-0.05, 0) is 50.4 Å². The molecular weight excluding hydrogens is 294 g/mol. The molecule has 0 radical (unpaired) electrons. The lowest BCUT2D eigenvalue weighted by Crippen LogP contribution is -2.18. The molecule has 0 bridgehead atoms. The van der Waals surface area contributed by atoms with E-state index in [1.165, 1.54) is 30.4 Å². The summed E-state index contributed by atoms with van der Waals surface area (Å²) in [6, 6.07) is 6.64. The molecular formula is C17H21N3OS. The zero-order valence-corrected chi connectivity index (χ0v) is 13.8. The summed E-state index contributed by atoms with van der Waals surface area (Å²) >= 11 is 1.54. The summed E-state index contributed by atoms with van der Waals surface area (Å²) in [5.41, 5.74) is 5.07. The first kappa shape index (κ1) is 15.2. The Morgan fingerprint density at radius 3 is 2.95 bits per heavy atom. The molecule has 3 rings (SSSR count). The summed E-state index contributed by atoms with van der Waals surface area (Å²) in [6.45, 7) is 2.73. The molecule has 0 atom stereocenters. The van der Waals surface area contributed by atoms with Crippen LogP contribution in [0.1, 0.15) is 28.8 Å². The summed E-state index contributed by atoms with van der Waals surface area (Å²) in [5, 5.41) is 6.55. The second-order valence-corrected chi connectivity index (χ2v) is 6.87. The second kappa shape index (κ2) is 6.58. The van der Waals surface area contributed by atoms with Crippen LogP contribution >= 0.6 is 11.3 Å². The fourth-order valence-electron chi connectivity index (χ4n) is 2.86. The van der Waals surface area contributed by atoms with E-state index in [0.717, 1.165) is 16.1 Å². The van der Waals surface area contributed by atoms with Crippen molar-refractivity contribution in [2.45, 2.75) is 32.6 Å². The fraction of sp³-hybridized carbons (Fsp3) is 0.412. The first-order valence-electron chi connectivity index (χ1n) is 7.71. The molecule has 2 N–H and O–H groups in total. The summed E-state index contributed by atoms with van der Waals surface area (Å²) in [7, 11) is 1.84. The minimum Gasteiger partial charge on any atom is -0.319 e. The minimum absolute atomic E-state index is 0.00334. The number of nitrogens with zero attached hydrogens (tertiary/aromatic N) is 1. The highest BCUT2D eigenvalue weighted by molar-refractivity contribution is 7.16. The monoisotopic (exact) mass is 315 g/mol. The van der Waals surface area contributed by atoms with Gasteiger partial charge in [0, 0.05) is 23.4 Å². The number of benzene rings is 1. The van der Waals surface area contributed by atoms with Crippen molar-refractivity contribution in [3.05, 3.63) is 34.2 Å². The minimum atomic E-state index is 0.00334. The van der Waals surface area contributed by atoms with Crippen molar-refractivity contribution < 1.29 is 4.79 Å². The van der Waals surface area contributed by atoms with Crippen LogP contribution in [0.3, 0.4) is 0 Å². The molecule has 1 aliphatic rings. The van der Waals surface area contributed by atoms with Crippen molar-refractivity contribution in [2.75, 3.05) is 18.9 Å². The summed E-state index contributed by atoms with van der Waals surface area (Å²) in [5.74, 6) is 0.00334. The average molecular weight is 315 g/mol. The topological polar surface area (TPSA) is 54.0 Å². The molecule has 1 amide bonds. The van der Waals surface area contributed by atoms with Crippen molar-refractivity contribution in [2.24, 2.45) is 0 Å². The van der Waals surface area contributed by atoms with Crippen LogP contribution in [0.25, 0.3) is 11.3 Å². The summed E-state index contributed by atoms with van der Waals surface area (Å²) in [6.07, 6.45) is 4.07. The van der Waals surface area contributed by atoms with Crippen LogP contribution in [-0.4, -0.2) is 24.5 Å². The molecule has 0 fully saturated rings. The highest BCUT2D eigenvalue weighted by Gasteiger charge is 2.15. The number of anilines is 1. The first-order valence-corrected chi connectivity index (χ1v) is 8.53. The number of rotatable bonds is 5. The van der Waals surface area contributed by atoms with Crippen molar-refractivity contribution in [1.29, 1.82) is 0 Å². The molecule has 116 valence electrons. The summed E-state index contributed by atoms with van der Waals surface area (Å²) in [4.78, 5) is 17.6. The molecule has 22 heavy (non-hydrogen) atoms. The Labute approximate surface area is 135 Å². The number of carbonyl (C=O) groups excluding carboxylic acids is 1. The Kier molecular flexibility index (Phi) is 4.55. The van der Waals surface area contributed by atoms with Crippen LogP contribution in [0, 0.1) is 6.92 Å². The third kappa shape index (κ3) is 3.20. The number of fused-ring (bicyclic) bond motifs is 1. The van der Waals surface area contributed by atoms with Gasteiger partial charge in [0.2, 0.25) is 5.91 Å². The maximum Gasteiger partial charge on any atom is 0.227 e. The normalized spacial score (nSPS) is 13.2. The molecule has 1 heterocycles. The second-order valence-electron chi connectivity index (χ2n) is 5.66. The van der Waals surface area contributed by atoms with Crippen molar-refractivity contribution in [1.82, 2.24) is 10.3 Å². The van der Waals surface area contributed by atoms with Gasteiger partial charge in [0.15, 0.2) is 5.13 Å². The lowest BCUT2D eigenvalue weighted by Gasteiger charge is -2.03. The van der Waals surface area contributed by atoms with Gasteiger partial charge in [0.05, 0.1) is 5.69 Å². The van der Waals surface area contributed by atoms with Crippen LogP contribution in [-0.2, 0) is 17.6 Å². The third-order valence-electron chi connectivity index (χ3n) is 4.02. The van der Waals surface area contributed by atoms with E-state index in [9.17, 15) is 4.79 Å². The number of aromatic nitrogens is 1. The molecule has 0 saturated heterocycles. The van der Waals surface area contributed by atoms with Gasteiger partial charge >= 0.3 is 0 Å². The van der Waals surface area contributed by atoms with E-state index in [-0.39, 0.29) is 5.91 Å². The Hall–Kier alpha value is -1.72. The van der Waals surface area contributed by atoms with Crippen molar-refractivity contribution in [3.8, 4) is 11.3 Å². The zero-order valence-electron chi connectivity index (χ0n) is 13.0. The standard InChI is InChI=1S/C17H21N3OS/c1-11-16(14-7-6-12-4-3-5-13(12)10-14)20-17(22-11)19-15(21)8-9-18-2/h6-7,10,18H,3-5,8-9H2,1-2H3,(H,19,20,21). The maximum absolute atomic E-state index is 11.8. The van der Waals surface area contributed by atoms with Crippen molar-refractivity contribution in [3.63, 3.8) is 0 Å². The molecule has 4 nitrogen and oxygen atoms in total. The van der Waals surface area contributed by atoms with E-state index in [0.29, 0.717) is 18.1 Å². The van der Waals surface area contributed by atoms with Crippen LogP contribution in [0.15, 0.2) is 18.2 Å². The Morgan fingerprint density at radius 2 is 2.14 bits per heavy atom. The first-order chi connectivity index (χ1) is 10.7. The quantitative estimate of drug-likeness (QED) is 0.891. The Balaban J connectivity index is 1.79. The van der Waals surface area contributed by atoms with E-state index in [1.54, 1.807) is 11.3 Å². The van der Waals surface area contributed by atoms with E-state index in [2.05, 4.69) is 40.7 Å². The van der Waals surface area contributed by atoms with Gasteiger partial charge in [-0.3, -0.25) is 4.79 Å². The number of hydrogen-bond acceptors (Lipinski definition) is 4. The highest BCUT2D eigenvalue weighted by Crippen LogP contribution is 2.33. The number of carbonyl (C=O) groups is 1. The third-order valence-corrected chi connectivity index (χ3v) is 4.90. The van der Waals surface area contributed by atoms with E-state index >= 15 is 0 Å². The Bertz CT molecular complexity index is 693. The van der Waals surface area contributed by atoms with Crippen LogP contribution in [0.5, 0.6) is 0 Å².